The van der Waals surface area contributed by atoms with Crippen LogP contribution in [0.25, 0.3) is 0 Å². The fourth-order valence-electron chi connectivity index (χ4n) is 4.18. The number of nitrogens with one attached hydrogen (secondary N) is 2. The molecular weight excluding hydrogens is 376 g/mol. The number of hydrogen-bond acceptors (Lipinski definition) is 5. The number of nitrogens with zero attached hydrogens (tertiary/aromatic N) is 4. The summed E-state index contributed by atoms with van der Waals surface area (Å²) in [6.07, 6.45) is 6.51. The molecule has 2 aliphatic heterocycles. The number of piperazine rings is 1. The van der Waals surface area contributed by atoms with Crippen LogP contribution >= 0.6 is 0 Å². The maximum Gasteiger partial charge on any atom is 0.315 e. The summed E-state index contributed by atoms with van der Waals surface area (Å²) in [7, 11) is 0. The van der Waals surface area contributed by atoms with Crippen molar-refractivity contribution in [2.24, 2.45) is 5.92 Å². The zero-order valence-corrected chi connectivity index (χ0v) is 18.9. The lowest BCUT2D eigenvalue weighted by Gasteiger charge is -2.33. The van der Waals surface area contributed by atoms with Gasteiger partial charge in [-0.25, -0.2) is 9.78 Å². The van der Waals surface area contributed by atoms with Crippen molar-refractivity contribution >= 4 is 11.8 Å². The van der Waals surface area contributed by atoms with Gasteiger partial charge in [0.05, 0.1) is 0 Å². The van der Waals surface area contributed by atoms with E-state index in [0.29, 0.717) is 6.54 Å². The van der Waals surface area contributed by atoms with Crippen LogP contribution in [-0.4, -0.2) is 79.7 Å². The van der Waals surface area contributed by atoms with Crippen LogP contribution < -0.4 is 15.5 Å². The molecule has 0 radical (unpaired) electrons. The van der Waals surface area contributed by atoms with Crippen molar-refractivity contribution < 1.29 is 4.79 Å². The summed E-state index contributed by atoms with van der Waals surface area (Å²) in [4.78, 5) is 24.0. The molecule has 7 nitrogen and oxygen atoms in total. The number of aromatic nitrogens is 1. The second-order valence-electron chi connectivity index (χ2n) is 8.79. The molecule has 0 atom stereocenters. The van der Waals surface area contributed by atoms with Gasteiger partial charge < -0.3 is 25.3 Å². The number of rotatable bonds is 9. The molecule has 168 valence electrons. The van der Waals surface area contributed by atoms with Crippen LogP contribution in [0.2, 0.25) is 0 Å². The lowest BCUT2D eigenvalue weighted by atomic mass is 9.99. The number of pyridine rings is 1. The number of anilines is 1. The van der Waals surface area contributed by atoms with Gasteiger partial charge in [-0.3, -0.25) is 0 Å². The molecule has 2 saturated heterocycles. The van der Waals surface area contributed by atoms with Crippen molar-refractivity contribution in [3.05, 3.63) is 23.9 Å². The Hall–Kier alpha value is -1.86. The van der Waals surface area contributed by atoms with E-state index < -0.39 is 0 Å². The highest BCUT2D eigenvalue weighted by Crippen LogP contribution is 2.21. The summed E-state index contributed by atoms with van der Waals surface area (Å²) in [6, 6.07) is 4.05. The molecule has 2 amide bonds. The smallest absolute Gasteiger partial charge is 0.315 e. The summed E-state index contributed by atoms with van der Waals surface area (Å²) < 4.78 is 0. The molecule has 2 aliphatic rings. The predicted octanol–water partition coefficient (Wildman–Crippen LogP) is 2.53. The Morgan fingerprint density at radius 1 is 1.03 bits per heavy atom. The number of likely N-dealkylation sites (N-methyl/N-ethyl adjacent to an activating group) is 1. The molecule has 0 aromatic carbocycles. The van der Waals surface area contributed by atoms with E-state index >= 15 is 0 Å². The molecule has 0 aliphatic carbocycles. The van der Waals surface area contributed by atoms with Crippen LogP contribution in [0.3, 0.4) is 0 Å². The standard InChI is InChI=1S/C23H40N6O/c1-3-27-14-16-28(17-15-27)11-5-4-10-24-23(30)26-19-21-6-7-22(25-18-21)29-12-8-20(2)9-13-29/h6-7,18,20H,3-5,8-17,19H2,1-2H3,(H2,24,26,30). The Kier molecular flexibility index (Phi) is 9.21. The summed E-state index contributed by atoms with van der Waals surface area (Å²) in [5.41, 5.74) is 1.03. The summed E-state index contributed by atoms with van der Waals surface area (Å²) in [6.45, 7) is 15.0. The van der Waals surface area contributed by atoms with E-state index in [0.717, 1.165) is 62.9 Å². The van der Waals surface area contributed by atoms with Gasteiger partial charge in [0.2, 0.25) is 0 Å². The maximum atomic E-state index is 12.0. The van der Waals surface area contributed by atoms with Crippen molar-refractivity contribution in [3.8, 4) is 0 Å². The topological polar surface area (TPSA) is 63.7 Å². The maximum absolute atomic E-state index is 12.0. The van der Waals surface area contributed by atoms with E-state index in [-0.39, 0.29) is 6.03 Å². The van der Waals surface area contributed by atoms with Gasteiger partial charge in [0.25, 0.3) is 0 Å². The molecule has 1 aromatic heterocycles. The van der Waals surface area contributed by atoms with E-state index in [2.05, 4.69) is 56.3 Å². The van der Waals surface area contributed by atoms with E-state index in [4.69, 9.17) is 0 Å². The third-order valence-electron chi connectivity index (χ3n) is 6.47. The molecule has 2 N–H and O–H groups in total. The number of amides is 2. The molecule has 7 heteroatoms. The number of carbonyl (C=O) groups excluding carboxylic acids is 1. The van der Waals surface area contributed by atoms with Crippen molar-refractivity contribution in [1.29, 1.82) is 0 Å². The Balaban J connectivity index is 1.24. The Morgan fingerprint density at radius 2 is 1.77 bits per heavy atom. The first kappa shape index (κ1) is 22.8. The molecule has 2 fully saturated rings. The van der Waals surface area contributed by atoms with E-state index in [1.54, 1.807) is 0 Å². The predicted molar refractivity (Wildman–Crippen MR) is 123 cm³/mol. The first-order valence-electron chi connectivity index (χ1n) is 11.8. The van der Waals surface area contributed by atoms with Gasteiger partial charge in [-0.1, -0.05) is 19.9 Å². The third-order valence-corrected chi connectivity index (χ3v) is 6.47. The van der Waals surface area contributed by atoms with Crippen LogP contribution in [0, 0.1) is 5.92 Å². The van der Waals surface area contributed by atoms with Crippen LogP contribution in [0.15, 0.2) is 18.3 Å². The number of carbonyl (C=O) groups is 1. The highest BCUT2D eigenvalue weighted by atomic mass is 16.2. The van der Waals surface area contributed by atoms with Crippen LogP contribution in [0.5, 0.6) is 0 Å². The lowest BCUT2D eigenvalue weighted by Crippen LogP contribution is -2.46. The summed E-state index contributed by atoms with van der Waals surface area (Å²) in [5.74, 6) is 1.87. The number of hydrogen-bond donors (Lipinski definition) is 2. The lowest BCUT2D eigenvalue weighted by molar-refractivity contribution is 0.135. The number of urea groups is 1. The average molecular weight is 417 g/mol. The fourth-order valence-corrected chi connectivity index (χ4v) is 4.18. The Morgan fingerprint density at radius 3 is 2.43 bits per heavy atom. The molecule has 3 heterocycles. The minimum atomic E-state index is -0.0966. The largest absolute Gasteiger partial charge is 0.357 e. The van der Waals surface area contributed by atoms with Gasteiger partial charge in [0, 0.05) is 58.6 Å². The molecular formula is C23H40N6O. The molecule has 0 bridgehead atoms. The van der Waals surface area contributed by atoms with Gasteiger partial charge >= 0.3 is 6.03 Å². The minimum absolute atomic E-state index is 0.0966. The van der Waals surface area contributed by atoms with Crippen molar-refractivity contribution in [2.45, 2.75) is 46.1 Å². The van der Waals surface area contributed by atoms with Crippen LogP contribution in [0.1, 0.15) is 45.1 Å². The van der Waals surface area contributed by atoms with Crippen LogP contribution in [-0.2, 0) is 6.54 Å². The van der Waals surface area contributed by atoms with Crippen molar-refractivity contribution in [1.82, 2.24) is 25.4 Å². The monoisotopic (exact) mass is 416 g/mol. The SMILES string of the molecule is CCN1CCN(CCCCNC(=O)NCc2ccc(N3CCC(C)CC3)nc2)CC1. The quantitative estimate of drug-likeness (QED) is 0.606. The molecule has 0 unspecified atom stereocenters. The Bertz CT molecular complexity index is 621. The molecule has 1 aromatic rings. The van der Waals surface area contributed by atoms with Gasteiger partial charge in [-0.15, -0.1) is 0 Å². The zero-order valence-electron chi connectivity index (χ0n) is 18.9. The minimum Gasteiger partial charge on any atom is -0.357 e. The first-order valence-corrected chi connectivity index (χ1v) is 11.8. The number of unbranched alkanes of at least 4 members (excludes halogenated alkanes) is 1. The second-order valence-corrected chi connectivity index (χ2v) is 8.79. The first-order chi connectivity index (χ1) is 14.6. The molecule has 30 heavy (non-hydrogen) atoms. The Labute approximate surface area is 182 Å². The zero-order chi connectivity index (χ0) is 21.2. The molecule has 0 saturated carbocycles. The van der Waals surface area contributed by atoms with Crippen LogP contribution in [0.4, 0.5) is 10.6 Å². The normalized spacial score (nSPS) is 19.1. The number of piperidine rings is 1. The highest BCUT2D eigenvalue weighted by molar-refractivity contribution is 5.73. The van der Waals surface area contributed by atoms with Gasteiger partial charge in [-0.05, 0) is 56.3 Å². The average Bonchev–Trinajstić information content (AvgIpc) is 2.79. The van der Waals surface area contributed by atoms with Crippen molar-refractivity contribution in [2.75, 3.05) is 63.8 Å². The highest BCUT2D eigenvalue weighted by Gasteiger charge is 2.17. The van der Waals surface area contributed by atoms with Gasteiger partial charge in [0.1, 0.15) is 5.82 Å². The van der Waals surface area contributed by atoms with E-state index in [1.807, 2.05) is 6.20 Å². The molecule has 3 rings (SSSR count). The summed E-state index contributed by atoms with van der Waals surface area (Å²) >= 11 is 0. The van der Waals surface area contributed by atoms with Gasteiger partial charge in [-0.2, -0.15) is 0 Å². The fraction of sp³-hybridized carbons (Fsp3) is 0.739. The van der Waals surface area contributed by atoms with Crippen molar-refractivity contribution in [3.63, 3.8) is 0 Å². The van der Waals surface area contributed by atoms with E-state index in [9.17, 15) is 4.79 Å². The van der Waals surface area contributed by atoms with E-state index in [1.165, 1.54) is 39.0 Å². The molecule has 0 spiro atoms. The van der Waals surface area contributed by atoms with Gasteiger partial charge in [0.15, 0.2) is 0 Å². The second kappa shape index (κ2) is 12.1. The summed E-state index contributed by atoms with van der Waals surface area (Å²) in [5, 5.41) is 5.90. The third kappa shape index (κ3) is 7.43.